The van der Waals surface area contributed by atoms with Gasteiger partial charge in [-0.25, -0.2) is 4.79 Å². The summed E-state index contributed by atoms with van der Waals surface area (Å²) in [6, 6.07) is 21.8. The molecule has 1 unspecified atom stereocenters. The number of hydrogen-bond donors (Lipinski definition) is 1. The number of nitrogens with one attached hydrogen (secondary N) is 1. The van der Waals surface area contributed by atoms with E-state index in [9.17, 15) is 4.79 Å². The van der Waals surface area contributed by atoms with Crippen LogP contribution in [0, 0.1) is 0 Å². The van der Waals surface area contributed by atoms with E-state index in [1.807, 2.05) is 23.1 Å². The van der Waals surface area contributed by atoms with E-state index in [2.05, 4.69) is 46.6 Å². The number of halogens is 1. The monoisotopic (exact) mass is 495 g/mol. The van der Waals surface area contributed by atoms with E-state index in [0.29, 0.717) is 41.0 Å². The Morgan fingerprint density at radius 3 is 1.94 bits per heavy atom. The Kier molecular flexibility index (Phi) is 8.00. The standard InChI is InChI=1S/C27H30ClN3O4/c1-33-23-17-22(18-24(34-2)26(23)35-3)29-27(32)31-15-13-30(14-16-31)25(19-7-5-4-6-8-19)20-9-11-21(28)12-10-20/h4-12,17-18,25H,13-16H2,1-3H3,(H,29,32). The summed E-state index contributed by atoms with van der Waals surface area (Å²) in [5.74, 6) is 1.46. The molecule has 1 N–H and O–H groups in total. The number of hydrogen-bond acceptors (Lipinski definition) is 5. The number of urea groups is 1. The average Bonchev–Trinajstić information content (AvgIpc) is 2.90. The maximum absolute atomic E-state index is 13.0. The first-order valence-electron chi connectivity index (χ1n) is 11.4. The van der Waals surface area contributed by atoms with Crippen LogP contribution in [0.2, 0.25) is 5.02 Å². The molecule has 35 heavy (non-hydrogen) atoms. The number of amides is 2. The van der Waals surface area contributed by atoms with Gasteiger partial charge < -0.3 is 24.4 Å². The summed E-state index contributed by atoms with van der Waals surface area (Å²) in [7, 11) is 4.64. The van der Waals surface area contributed by atoms with Crippen molar-refractivity contribution in [2.24, 2.45) is 0 Å². The summed E-state index contributed by atoms with van der Waals surface area (Å²) in [5.41, 5.74) is 2.97. The molecule has 0 bridgehead atoms. The normalized spacial score (nSPS) is 14.8. The van der Waals surface area contributed by atoms with Crippen LogP contribution in [0.1, 0.15) is 17.2 Å². The molecular weight excluding hydrogens is 466 g/mol. The second-order valence-corrected chi connectivity index (χ2v) is 8.67. The minimum Gasteiger partial charge on any atom is -0.493 e. The quantitative estimate of drug-likeness (QED) is 0.481. The van der Waals surface area contributed by atoms with Crippen LogP contribution in [0.15, 0.2) is 66.7 Å². The summed E-state index contributed by atoms with van der Waals surface area (Å²) in [4.78, 5) is 17.3. The van der Waals surface area contributed by atoms with Crippen molar-refractivity contribution in [1.29, 1.82) is 0 Å². The number of benzene rings is 3. The van der Waals surface area contributed by atoms with E-state index in [0.717, 1.165) is 13.1 Å². The lowest BCUT2D eigenvalue weighted by atomic mass is 9.96. The molecule has 1 aliphatic heterocycles. The predicted molar refractivity (Wildman–Crippen MR) is 138 cm³/mol. The van der Waals surface area contributed by atoms with Crippen LogP contribution in [-0.2, 0) is 0 Å². The van der Waals surface area contributed by atoms with Gasteiger partial charge in [0.15, 0.2) is 11.5 Å². The van der Waals surface area contributed by atoms with Gasteiger partial charge in [0.25, 0.3) is 0 Å². The molecule has 1 fully saturated rings. The lowest BCUT2D eigenvalue weighted by Crippen LogP contribution is -2.51. The van der Waals surface area contributed by atoms with Crippen molar-refractivity contribution in [2.45, 2.75) is 6.04 Å². The van der Waals surface area contributed by atoms with Crippen LogP contribution in [-0.4, -0.2) is 63.3 Å². The Morgan fingerprint density at radius 1 is 0.829 bits per heavy atom. The molecule has 0 aromatic heterocycles. The van der Waals surface area contributed by atoms with Gasteiger partial charge in [-0.3, -0.25) is 4.90 Å². The van der Waals surface area contributed by atoms with E-state index >= 15 is 0 Å². The Balaban J connectivity index is 1.46. The van der Waals surface area contributed by atoms with E-state index in [1.165, 1.54) is 11.1 Å². The highest BCUT2D eigenvalue weighted by Gasteiger charge is 2.28. The number of methoxy groups -OCH3 is 3. The Bertz CT molecular complexity index is 1110. The molecule has 7 nitrogen and oxygen atoms in total. The summed E-state index contributed by atoms with van der Waals surface area (Å²) < 4.78 is 16.1. The van der Waals surface area contributed by atoms with Crippen molar-refractivity contribution in [3.63, 3.8) is 0 Å². The molecule has 3 aromatic rings. The summed E-state index contributed by atoms with van der Waals surface area (Å²) >= 11 is 6.14. The van der Waals surface area contributed by atoms with E-state index in [4.69, 9.17) is 25.8 Å². The largest absolute Gasteiger partial charge is 0.493 e. The van der Waals surface area contributed by atoms with E-state index in [-0.39, 0.29) is 12.1 Å². The van der Waals surface area contributed by atoms with Crippen molar-refractivity contribution in [2.75, 3.05) is 52.8 Å². The average molecular weight is 496 g/mol. The molecule has 3 aromatic carbocycles. The van der Waals surface area contributed by atoms with Crippen molar-refractivity contribution in [1.82, 2.24) is 9.80 Å². The molecule has 0 saturated carbocycles. The van der Waals surface area contributed by atoms with Gasteiger partial charge in [0.2, 0.25) is 5.75 Å². The number of carbonyl (C=O) groups excluding carboxylic acids is 1. The number of piperazine rings is 1. The molecule has 1 heterocycles. The smallest absolute Gasteiger partial charge is 0.321 e. The van der Waals surface area contributed by atoms with Gasteiger partial charge in [0.1, 0.15) is 0 Å². The summed E-state index contributed by atoms with van der Waals surface area (Å²) in [5, 5.41) is 3.68. The van der Waals surface area contributed by atoms with Gasteiger partial charge in [-0.2, -0.15) is 0 Å². The van der Waals surface area contributed by atoms with Gasteiger partial charge in [-0.15, -0.1) is 0 Å². The number of anilines is 1. The summed E-state index contributed by atoms with van der Waals surface area (Å²) in [6.07, 6.45) is 0. The van der Waals surface area contributed by atoms with Gasteiger partial charge in [-0.05, 0) is 23.3 Å². The van der Waals surface area contributed by atoms with Crippen molar-refractivity contribution >= 4 is 23.3 Å². The maximum Gasteiger partial charge on any atom is 0.321 e. The molecule has 4 rings (SSSR count). The number of ether oxygens (including phenoxy) is 3. The first-order chi connectivity index (χ1) is 17.0. The van der Waals surface area contributed by atoms with E-state index < -0.39 is 0 Å². The molecule has 0 aliphatic carbocycles. The minimum absolute atomic E-state index is 0.0915. The third-order valence-electron chi connectivity index (χ3n) is 6.18. The fourth-order valence-electron chi connectivity index (χ4n) is 4.43. The van der Waals surface area contributed by atoms with Crippen LogP contribution in [0.3, 0.4) is 0 Å². The predicted octanol–water partition coefficient (Wildman–Crippen LogP) is 5.30. The fourth-order valence-corrected chi connectivity index (χ4v) is 4.56. The Morgan fingerprint density at radius 2 is 1.40 bits per heavy atom. The second kappa shape index (κ2) is 11.3. The lowest BCUT2D eigenvalue weighted by molar-refractivity contribution is 0.126. The lowest BCUT2D eigenvalue weighted by Gasteiger charge is -2.39. The first-order valence-corrected chi connectivity index (χ1v) is 11.8. The molecule has 1 atom stereocenters. The number of nitrogens with zero attached hydrogens (tertiary/aromatic N) is 2. The van der Waals surface area contributed by atoms with Crippen LogP contribution in [0.25, 0.3) is 0 Å². The highest BCUT2D eigenvalue weighted by atomic mass is 35.5. The topological polar surface area (TPSA) is 63.3 Å². The fraction of sp³-hybridized carbons (Fsp3) is 0.296. The summed E-state index contributed by atoms with van der Waals surface area (Å²) in [6.45, 7) is 2.69. The van der Waals surface area contributed by atoms with E-state index in [1.54, 1.807) is 33.5 Å². The highest BCUT2D eigenvalue weighted by molar-refractivity contribution is 6.30. The van der Waals surface area contributed by atoms with Crippen molar-refractivity contribution in [3.8, 4) is 17.2 Å². The first kappa shape index (κ1) is 24.7. The molecule has 0 radical (unpaired) electrons. The number of rotatable bonds is 7. The van der Waals surface area contributed by atoms with Gasteiger partial charge >= 0.3 is 6.03 Å². The third kappa shape index (κ3) is 5.63. The zero-order valence-corrected chi connectivity index (χ0v) is 20.9. The van der Waals surface area contributed by atoms with Crippen molar-refractivity contribution < 1.29 is 19.0 Å². The Hall–Kier alpha value is -3.42. The maximum atomic E-state index is 13.0. The highest BCUT2D eigenvalue weighted by Crippen LogP contribution is 2.40. The van der Waals surface area contributed by atoms with Crippen LogP contribution in [0.5, 0.6) is 17.2 Å². The van der Waals surface area contributed by atoms with Gasteiger partial charge in [-0.1, -0.05) is 54.1 Å². The van der Waals surface area contributed by atoms with Crippen LogP contribution < -0.4 is 19.5 Å². The van der Waals surface area contributed by atoms with Gasteiger partial charge in [0, 0.05) is 43.3 Å². The molecule has 8 heteroatoms. The molecule has 2 amide bonds. The van der Waals surface area contributed by atoms with Crippen LogP contribution >= 0.6 is 11.6 Å². The van der Waals surface area contributed by atoms with Crippen LogP contribution in [0.4, 0.5) is 10.5 Å². The van der Waals surface area contributed by atoms with Gasteiger partial charge in [0.05, 0.1) is 33.1 Å². The molecular formula is C27H30ClN3O4. The molecule has 1 saturated heterocycles. The second-order valence-electron chi connectivity index (χ2n) is 8.23. The molecule has 0 spiro atoms. The SMILES string of the molecule is COc1cc(NC(=O)N2CCN(C(c3ccccc3)c3ccc(Cl)cc3)CC2)cc(OC)c1OC. The molecule has 184 valence electrons. The molecule has 1 aliphatic rings. The minimum atomic E-state index is -0.165. The third-order valence-corrected chi connectivity index (χ3v) is 6.44. The zero-order valence-electron chi connectivity index (χ0n) is 20.2. The zero-order chi connectivity index (χ0) is 24.8. The van der Waals surface area contributed by atoms with Crippen molar-refractivity contribution in [3.05, 3.63) is 82.9 Å². The number of carbonyl (C=O) groups is 1. The Labute approximate surface area is 211 Å².